The minimum absolute atomic E-state index is 0.00381. The van der Waals surface area contributed by atoms with E-state index in [2.05, 4.69) is 4.98 Å². The molecule has 2 aromatic rings. The van der Waals surface area contributed by atoms with Gasteiger partial charge in [-0.25, -0.2) is 0 Å². The fourth-order valence-electron chi connectivity index (χ4n) is 2.16. The molecule has 0 radical (unpaired) electrons. The highest BCUT2D eigenvalue weighted by molar-refractivity contribution is 6.30. The molecule has 4 nitrogen and oxygen atoms in total. The molecule has 0 aliphatic rings. The van der Waals surface area contributed by atoms with Crippen LogP contribution in [0.3, 0.4) is 0 Å². The van der Waals surface area contributed by atoms with Crippen molar-refractivity contribution < 1.29 is 22.7 Å². The Hall–Kier alpha value is -2.59. The van der Waals surface area contributed by atoms with Crippen molar-refractivity contribution in [3.05, 3.63) is 58.9 Å². The van der Waals surface area contributed by atoms with E-state index in [0.29, 0.717) is 23.4 Å². The van der Waals surface area contributed by atoms with E-state index in [9.17, 15) is 18.0 Å². The Balaban J connectivity index is 1.88. The minimum Gasteiger partial charge on any atom is -0.494 e. The predicted octanol–water partition coefficient (Wildman–Crippen LogP) is 4.79. The number of aromatic nitrogens is 1. The number of benzene rings is 1. The highest BCUT2D eigenvalue weighted by Crippen LogP contribution is 2.29. The molecule has 1 heterocycles. The van der Waals surface area contributed by atoms with Gasteiger partial charge in [0.25, 0.3) is 0 Å². The Morgan fingerprint density at radius 3 is 2.46 bits per heavy atom. The lowest BCUT2D eigenvalue weighted by Crippen LogP contribution is -2.14. The molecule has 0 amide bonds. The van der Waals surface area contributed by atoms with Crippen LogP contribution in [0.15, 0.2) is 42.6 Å². The Labute approximate surface area is 153 Å². The number of halogens is 4. The first-order valence-electron chi connectivity index (χ1n) is 7.65. The van der Waals surface area contributed by atoms with Gasteiger partial charge < -0.3 is 4.74 Å². The fraction of sp³-hybridized carbons (Fsp3) is 0.278. The molecule has 1 atom stereocenters. The van der Waals surface area contributed by atoms with Crippen molar-refractivity contribution in [1.29, 1.82) is 5.26 Å². The second kappa shape index (κ2) is 8.68. The molecule has 0 saturated carbocycles. The molecule has 136 valence electrons. The lowest BCUT2D eigenvalue weighted by Gasteiger charge is -2.10. The number of pyridine rings is 1. The van der Waals surface area contributed by atoms with Crippen LogP contribution in [0.4, 0.5) is 13.2 Å². The van der Waals surface area contributed by atoms with Crippen LogP contribution < -0.4 is 4.74 Å². The molecule has 2 rings (SSSR count). The topological polar surface area (TPSA) is 63.0 Å². The van der Waals surface area contributed by atoms with E-state index in [-0.39, 0.29) is 18.7 Å². The summed E-state index contributed by atoms with van der Waals surface area (Å²) in [5.41, 5.74) is -0.925. The maximum atomic E-state index is 12.5. The number of nitrogens with zero attached hydrogens (tertiary/aromatic N) is 2. The van der Waals surface area contributed by atoms with Gasteiger partial charge in [0.1, 0.15) is 11.7 Å². The molecule has 0 aliphatic carbocycles. The van der Waals surface area contributed by atoms with Gasteiger partial charge in [-0.2, -0.15) is 18.4 Å². The summed E-state index contributed by atoms with van der Waals surface area (Å²) in [4.78, 5) is 15.8. The number of carbonyl (C=O) groups excluding carboxylic acids is 1. The SMILES string of the molecule is N#CC(C(=O)CCCOc1ccc(Cl)cc1)c1ccc(C(F)(F)F)cn1. The van der Waals surface area contributed by atoms with Crippen LogP contribution in [0, 0.1) is 11.3 Å². The van der Waals surface area contributed by atoms with E-state index in [1.807, 2.05) is 0 Å². The number of hydrogen-bond donors (Lipinski definition) is 0. The Morgan fingerprint density at radius 2 is 1.92 bits per heavy atom. The quantitative estimate of drug-likeness (QED) is 0.646. The van der Waals surface area contributed by atoms with Crippen LogP contribution in [-0.4, -0.2) is 17.4 Å². The third kappa shape index (κ3) is 5.46. The standard InChI is InChI=1S/C18H14ClF3N2O2/c19-13-4-6-14(7-5-13)26-9-1-2-17(25)15(10-23)16-8-3-12(11-24-16)18(20,21)22/h3-8,11,15H,1-2,9H2. The minimum atomic E-state index is -4.52. The maximum Gasteiger partial charge on any atom is 0.417 e. The molecular formula is C18H14ClF3N2O2. The molecule has 0 saturated heterocycles. The smallest absolute Gasteiger partial charge is 0.417 e. The molecular weight excluding hydrogens is 369 g/mol. The summed E-state index contributed by atoms with van der Waals surface area (Å²) in [5.74, 6) is -1.02. The molecule has 8 heteroatoms. The second-order valence-corrected chi connectivity index (χ2v) is 5.84. The van der Waals surface area contributed by atoms with Gasteiger partial charge in [-0.15, -0.1) is 0 Å². The van der Waals surface area contributed by atoms with Crippen molar-refractivity contribution >= 4 is 17.4 Å². The number of alkyl halides is 3. The zero-order valence-corrected chi connectivity index (χ0v) is 14.2. The summed E-state index contributed by atoms with van der Waals surface area (Å²) in [5, 5.41) is 9.74. The maximum absolute atomic E-state index is 12.5. The van der Waals surface area contributed by atoms with Crippen molar-refractivity contribution in [3.63, 3.8) is 0 Å². The van der Waals surface area contributed by atoms with E-state index >= 15 is 0 Å². The van der Waals surface area contributed by atoms with E-state index in [0.717, 1.165) is 12.1 Å². The van der Waals surface area contributed by atoms with Gasteiger partial charge >= 0.3 is 6.18 Å². The lowest BCUT2D eigenvalue weighted by molar-refractivity contribution is -0.137. The van der Waals surface area contributed by atoms with Gasteiger partial charge in [-0.3, -0.25) is 9.78 Å². The van der Waals surface area contributed by atoms with Gasteiger partial charge in [0.2, 0.25) is 0 Å². The molecule has 0 spiro atoms. The van der Waals surface area contributed by atoms with Crippen LogP contribution in [0.5, 0.6) is 5.75 Å². The number of carbonyl (C=O) groups is 1. The molecule has 1 aromatic carbocycles. The molecule has 26 heavy (non-hydrogen) atoms. The molecule has 0 fully saturated rings. The third-order valence-electron chi connectivity index (χ3n) is 3.51. The Kier molecular flexibility index (Phi) is 6.58. The molecule has 0 N–H and O–H groups in total. The summed E-state index contributed by atoms with van der Waals surface area (Å²) in [6, 6.07) is 10.4. The van der Waals surface area contributed by atoms with Crippen molar-refractivity contribution in [2.45, 2.75) is 24.9 Å². The van der Waals surface area contributed by atoms with Crippen LogP contribution >= 0.6 is 11.6 Å². The van der Waals surface area contributed by atoms with Gasteiger partial charge in [-0.05, 0) is 42.8 Å². The first kappa shape index (κ1) is 19.7. The zero-order chi connectivity index (χ0) is 19.2. The van der Waals surface area contributed by atoms with E-state index in [4.69, 9.17) is 21.6 Å². The van der Waals surface area contributed by atoms with Gasteiger partial charge in [0, 0.05) is 17.6 Å². The largest absolute Gasteiger partial charge is 0.494 e. The van der Waals surface area contributed by atoms with E-state index in [1.54, 1.807) is 30.3 Å². The normalized spacial score (nSPS) is 12.3. The zero-order valence-electron chi connectivity index (χ0n) is 13.5. The lowest BCUT2D eigenvalue weighted by atomic mass is 9.97. The summed E-state index contributed by atoms with van der Waals surface area (Å²) in [6.45, 7) is 0.256. The van der Waals surface area contributed by atoms with Gasteiger partial charge in [-0.1, -0.05) is 11.6 Å². The van der Waals surface area contributed by atoms with Crippen molar-refractivity contribution in [3.8, 4) is 11.8 Å². The molecule has 1 unspecified atom stereocenters. The number of ether oxygens (including phenoxy) is 1. The van der Waals surface area contributed by atoms with Gasteiger partial charge in [0.15, 0.2) is 5.78 Å². The van der Waals surface area contributed by atoms with Crippen LogP contribution in [0.2, 0.25) is 5.02 Å². The van der Waals surface area contributed by atoms with Crippen molar-refractivity contribution in [1.82, 2.24) is 4.98 Å². The average molecular weight is 383 g/mol. The molecule has 0 aliphatic heterocycles. The number of Topliss-reactive ketones (excluding diaryl/α,β-unsaturated/α-hetero) is 1. The van der Waals surface area contributed by atoms with Gasteiger partial charge in [0.05, 0.1) is 23.9 Å². The average Bonchev–Trinajstić information content (AvgIpc) is 2.60. The number of nitriles is 1. The van der Waals surface area contributed by atoms with Crippen LogP contribution in [0.1, 0.15) is 30.0 Å². The first-order valence-corrected chi connectivity index (χ1v) is 8.03. The monoisotopic (exact) mass is 382 g/mol. The van der Waals surface area contributed by atoms with Crippen molar-refractivity contribution in [2.75, 3.05) is 6.61 Å². The molecule has 0 bridgehead atoms. The predicted molar refractivity (Wildman–Crippen MR) is 88.8 cm³/mol. The number of rotatable bonds is 7. The fourth-order valence-corrected chi connectivity index (χ4v) is 2.28. The summed E-state index contributed by atoms with van der Waals surface area (Å²) >= 11 is 5.76. The Morgan fingerprint density at radius 1 is 1.23 bits per heavy atom. The van der Waals surface area contributed by atoms with Crippen molar-refractivity contribution in [2.24, 2.45) is 0 Å². The highest BCUT2D eigenvalue weighted by Gasteiger charge is 2.31. The first-order chi connectivity index (χ1) is 12.3. The van der Waals surface area contributed by atoms with E-state index < -0.39 is 23.4 Å². The second-order valence-electron chi connectivity index (χ2n) is 5.40. The summed E-state index contributed by atoms with van der Waals surface area (Å²) < 4.78 is 43.1. The van der Waals surface area contributed by atoms with Crippen LogP contribution in [0.25, 0.3) is 0 Å². The number of hydrogen-bond acceptors (Lipinski definition) is 4. The Bertz CT molecular complexity index is 784. The summed E-state index contributed by atoms with van der Waals surface area (Å²) in [6.07, 6.45) is -3.48. The van der Waals surface area contributed by atoms with E-state index in [1.165, 1.54) is 0 Å². The highest BCUT2D eigenvalue weighted by atomic mass is 35.5. The summed E-state index contributed by atoms with van der Waals surface area (Å²) in [7, 11) is 0. The van der Waals surface area contributed by atoms with Crippen LogP contribution in [-0.2, 0) is 11.0 Å². The number of ketones is 1. The molecule has 1 aromatic heterocycles. The third-order valence-corrected chi connectivity index (χ3v) is 3.76.